The molecule has 2 aromatic heterocycles. The van der Waals surface area contributed by atoms with Crippen LogP contribution in [0.3, 0.4) is 0 Å². The lowest BCUT2D eigenvalue weighted by Crippen LogP contribution is -2.52. The molecule has 2 aromatic carbocycles. The first-order valence-corrected chi connectivity index (χ1v) is 13.9. The summed E-state index contributed by atoms with van der Waals surface area (Å²) in [7, 11) is 0. The van der Waals surface area contributed by atoms with Gasteiger partial charge in [-0.15, -0.1) is 0 Å². The molecule has 1 atom stereocenters. The van der Waals surface area contributed by atoms with Crippen LogP contribution in [0.1, 0.15) is 24.0 Å². The zero-order valence-corrected chi connectivity index (χ0v) is 23.2. The first-order valence-electron chi connectivity index (χ1n) is 12.3. The molecule has 0 bridgehead atoms. The van der Waals surface area contributed by atoms with Crippen molar-refractivity contribution in [1.82, 2.24) is 19.9 Å². The van der Waals surface area contributed by atoms with Crippen molar-refractivity contribution >= 4 is 80.4 Å². The number of carbonyl (C=O) groups is 2. The smallest absolute Gasteiger partial charge is 0.286 e. The Balaban J connectivity index is 1.39. The summed E-state index contributed by atoms with van der Waals surface area (Å²) in [4.78, 5) is 45.6. The second-order valence-corrected chi connectivity index (χ2v) is 11.1. The normalized spacial score (nSPS) is 19.9. The Bertz CT molecular complexity index is 1750. The van der Waals surface area contributed by atoms with Crippen molar-refractivity contribution in [3.63, 3.8) is 0 Å². The van der Waals surface area contributed by atoms with Gasteiger partial charge in [-0.25, -0.2) is 15.0 Å². The maximum Gasteiger partial charge on any atom is 0.286 e. The summed E-state index contributed by atoms with van der Waals surface area (Å²) < 4.78 is 0. The zero-order valence-electron chi connectivity index (χ0n) is 20.8. The topological polar surface area (TPSA) is 126 Å². The monoisotopic (exact) mass is 589 g/mol. The first kappa shape index (κ1) is 26.2. The van der Waals surface area contributed by atoms with Gasteiger partial charge in [0.05, 0.1) is 10.4 Å². The molecule has 0 saturated carbocycles. The number of anilines is 2. The van der Waals surface area contributed by atoms with Crippen molar-refractivity contribution < 1.29 is 9.59 Å². The largest absolute Gasteiger partial charge is 0.367 e. The number of primary amides is 1. The third-order valence-corrected chi connectivity index (χ3v) is 8.46. The molecular weight excluding hydrogens is 569 g/mol. The highest BCUT2D eigenvalue weighted by Crippen LogP contribution is 2.44. The number of likely N-dealkylation sites (tertiary alicyclic amines) is 1. The van der Waals surface area contributed by atoms with Crippen molar-refractivity contribution in [2.75, 3.05) is 11.9 Å². The number of pyridine rings is 1. The van der Waals surface area contributed by atoms with Crippen LogP contribution in [0.25, 0.3) is 17.0 Å². The molecule has 9 nitrogen and oxygen atoms in total. The molecule has 1 unspecified atom stereocenters. The number of rotatable bonds is 5. The van der Waals surface area contributed by atoms with E-state index in [9.17, 15) is 9.59 Å². The maximum absolute atomic E-state index is 13.3. The average molecular weight is 590 g/mol. The number of hydrogen-bond donors (Lipinski definition) is 2. The van der Waals surface area contributed by atoms with Crippen LogP contribution in [0.15, 0.2) is 77.0 Å². The molecule has 2 aliphatic heterocycles. The van der Waals surface area contributed by atoms with Gasteiger partial charge >= 0.3 is 0 Å². The summed E-state index contributed by atoms with van der Waals surface area (Å²) in [6, 6.07) is 16.4. The van der Waals surface area contributed by atoms with E-state index in [0.717, 1.165) is 5.69 Å². The number of hydrogen-bond acceptors (Lipinski definition) is 8. The number of halogens is 2. The van der Waals surface area contributed by atoms with E-state index < -0.39 is 17.4 Å². The summed E-state index contributed by atoms with van der Waals surface area (Å²) in [5.41, 5.74) is 7.62. The van der Waals surface area contributed by atoms with Gasteiger partial charge in [-0.2, -0.15) is 4.99 Å². The Morgan fingerprint density at radius 1 is 1.10 bits per heavy atom. The number of aromatic nitrogens is 3. The number of carbonyl (C=O) groups excluding carboxylic acids is 2. The maximum atomic E-state index is 13.3. The van der Waals surface area contributed by atoms with E-state index in [1.54, 1.807) is 36.5 Å². The number of nitrogens with zero attached hydrogens (tertiary/aromatic N) is 5. The number of benzene rings is 2. The lowest BCUT2D eigenvalue weighted by molar-refractivity contribution is -0.127. The summed E-state index contributed by atoms with van der Waals surface area (Å²) in [5.74, 6) is -0.390. The van der Waals surface area contributed by atoms with Crippen molar-refractivity contribution in [3.8, 4) is 0 Å². The van der Waals surface area contributed by atoms with Crippen LogP contribution in [0, 0.1) is 0 Å². The molecule has 1 saturated heterocycles. The minimum absolute atomic E-state index is 0.282. The standard InChI is InChI=1S/C28H21Cl2N7O2S/c29-18-5-1-6-19(14-18)35-24-20-13-17(7-8-21(20)33-15-34-24)28(26(31)39)9-3-11-37(28)27-36-25(38)22(40-27)12-16-4-2-10-32-23(16)30/h1-2,4-8,10,12-15H,3,9,11H2,(H2,31,39)(H,33,34,35). The van der Waals surface area contributed by atoms with Crippen molar-refractivity contribution in [2.24, 2.45) is 10.7 Å². The Hall–Kier alpha value is -3.99. The van der Waals surface area contributed by atoms with Crippen LogP contribution in [0.5, 0.6) is 0 Å². The number of amides is 2. The summed E-state index contributed by atoms with van der Waals surface area (Å²) in [6.45, 7) is 0.500. The second kappa shape index (κ2) is 10.5. The fraction of sp³-hybridized carbons (Fsp3) is 0.143. The Morgan fingerprint density at radius 2 is 1.98 bits per heavy atom. The number of nitrogens with two attached hydrogens (primary N) is 1. The van der Waals surface area contributed by atoms with Crippen LogP contribution < -0.4 is 11.1 Å². The fourth-order valence-electron chi connectivity index (χ4n) is 5.05. The first-order chi connectivity index (χ1) is 19.3. The molecule has 0 radical (unpaired) electrons. The van der Waals surface area contributed by atoms with Crippen LogP contribution in [-0.2, 0) is 15.1 Å². The van der Waals surface area contributed by atoms with Gasteiger partial charge in [0.15, 0.2) is 5.17 Å². The van der Waals surface area contributed by atoms with Crippen molar-refractivity contribution in [2.45, 2.75) is 18.4 Å². The number of nitrogens with one attached hydrogen (secondary N) is 1. The molecule has 200 valence electrons. The lowest BCUT2D eigenvalue weighted by Gasteiger charge is -2.37. The number of thioether (sulfide) groups is 1. The molecule has 40 heavy (non-hydrogen) atoms. The average Bonchev–Trinajstić information content (AvgIpc) is 3.54. The predicted molar refractivity (Wildman–Crippen MR) is 158 cm³/mol. The Kier molecular flexibility index (Phi) is 6.91. The molecule has 2 aliphatic rings. The highest BCUT2D eigenvalue weighted by molar-refractivity contribution is 8.18. The molecule has 0 spiro atoms. The van der Waals surface area contributed by atoms with Gasteiger partial charge < -0.3 is 16.0 Å². The lowest BCUT2D eigenvalue weighted by atomic mass is 9.86. The molecule has 4 aromatic rings. The van der Waals surface area contributed by atoms with Gasteiger partial charge in [0, 0.05) is 34.4 Å². The Morgan fingerprint density at radius 3 is 2.77 bits per heavy atom. The molecule has 12 heteroatoms. The number of amidine groups is 1. The zero-order chi connectivity index (χ0) is 27.9. The minimum Gasteiger partial charge on any atom is -0.367 e. The van der Waals surface area contributed by atoms with Crippen LogP contribution >= 0.6 is 35.0 Å². The third kappa shape index (κ3) is 4.68. The molecule has 0 aliphatic carbocycles. The van der Waals surface area contributed by atoms with E-state index in [2.05, 4.69) is 25.3 Å². The predicted octanol–water partition coefficient (Wildman–Crippen LogP) is 5.52. The van der Waals surface area contributed by atoms with Gasteiger partial charge in [-0.1, -0.05) is 41.4 Å². The van der Waals surface area contributed by atoms with Crippen molar-refractivity contribution in [1.29, 1.82) is 0 Å². The molecular formula is C28H21Cl2N7O2S. The molecule has 6 rings (SSSR count). The molecule has 3 N–H and O–H groups in total. The van der Waals surface area contributed by atoms with E-state index in [-0.39, 0.29) is 5.15 Å². The van der Waals surface area contributed by atoms with Gasteiger partial charge in [-0.05, 0) is 72.6 Å². The second-order valence-electron chi connectivity index (χ2n) is 9.26. The SMILES string of the molecule is NC(=O)C1(c2ccc3ncnc(Nc4cccc(Cl)c4)c3c2)CCCN1C1=NC(=O)C(=Cc2cccnc2Cl)S1. The van der Waals surface area contributed by atoms with Crippen LogP contribution in [-0.4, -0.2) is 43.4 Å². The van der Waals surface area contributed by atoms with E-state index >= 15 is 0 Å². The van der Waals surface area contributed by atoms with E-state index in [1.807, 2.05) is 35.2 Å². The van der Waals surface area contributed by atoms with Gasteiger partial charge in [0.1, 0.15) is 22.8 Å². The van der Waals surface area contributed by atoms with Gasteiger partial charge in [0.25, 0.3) is 5.91 Å². The van der Waals surface area contributed by atoms with E-state index in [1.165, 1.54) is 18.1 Å². The third-order valence-electron chi connectivity index (χ3n) is 6.90. The van der Waals surface area contributed by atoms with E-state index in [4.69, 9.17) is 28.9 Å². The highest BCUT2D eigenvalue weighted by Gasteiger charge is 2.50. The Labute approximate surface area is 243 Å². The summed E-state index contributed by atoms with van der Waals surface area (Å²) >= 11 is 13.5. The van der Waals surface area contributed by atoms with Crippen LogP contribution in [0.4, 0.5) is 11.5 Å². The summed E-state index contributed by atoms with van der Waals surface area (Å²) in [6.07, 6.45) is 5.84. The quantitative estimate of drug-likeness (QED) is 0.230. The number of fused-ring (bicyclic) bond motifs is 1. The van der Waals surface area contributed by atoms with Gasteiger partial charge in [0.2, 0.25) is 5.91 Å². The molecule has 2 amide bonds. The fourth-order valence-corrected chi connectivity index (χ4v) is 6.42. The number of aliphatic imine (C=N–C) groups is 1. The van der Waals surface area contributed by atoms with Crippen molar-refractivity contribution in [3.05, 3.63) is 93.3 Å². The minimum atomic E-state index is -1.22. The van der Waals surface area contributed by atoms with Gasteiger partial charge in [-0.3, -0.25) is 9.59 Å². The van der Waals surface area contributed by atoms with E-state index in [0.29, 0.717) is 62.3 Å². The van der Waals surface area contributed by atoms with Crippen LogP contribution in [0.2, 0.25) is 10.2 Å². The summed E-state index contributed by atoms with van der Waals surface area (Å²) in [5, 5.41) is 5.28. The highest BCUT2D eigenvalue weighted by atomic mass is 35.5. The molecule has 4 heterocycles. The molecule has 1 fully saturated rings.